The van der Waals surface area contributed by atoms with Gasteiger partial charge in [-0.25, -0.2) is 0 Å². The summed E-state index contributed by atoms with van der Waals surface area (Å²) in [7, 11) is 0. The second-order valence-corrected chi connectivity index (χ2v) is 3.02. The van der Waals surface area contributed by atoms with Crippen molar-refractivity contribution in [1.29, 1.82) is 0 Å². The van der Waals surface area contributed by atoms with Crippen LogP contribution in [0.1, 0.15) is 13.8 Å². The minimum Gasteiger partial charge on any atom is -0.395 e. The predicted octanol–water partition coefficient (Wildman–Crippen LogP) is 0.275. The fourth-order valence-corrected chi connectivity index (χ4v) is 0.568. The van der Waals surface area contributed by atoms with Crippen LogP contribution in [0, 0.1) is 0 Å². The molecular formula is C6H15NOS. The molecule has 0 aromatic heterocycles. The lowest BCUT2D eigenvalue weighted by Gasteiger charge is -2.15. The molecule has 2 nitrogen and oxygen atoms in total. The molecule has 3 heteroatoms. The smallest absolute Gasteiger partial charge is 0.0556 e. The number of aliphatic hydroxyl groups excluding tert-OH is 1. The number of aliphatic hydroxyl groups is 1. The van der Waals surface area contributed by atoms with Gasteiger partial charge in [-0.15, -0.1) is 0 Å². The van der Waals surface area contributed by atoms with E-state index in [1.165, 1.54) is 0 Å². The van der Waals surface area contributed by atoms with Gasteiger partial charge >= 0.3 is 0 Å². The molecule has 0 spiro atoms. The Morgan fingerprint density at radius 1 is 1.56 bits per heavy atom. The summed E-state index contributed by atoms with van der Waals surface area (Å²) in [6.45, 7) is 4.93. The van der Waals surface area contributed by atoms with E-state index >= 15 is 0 Å². The van der Waals surface area contributed by atoms with Crippen molar-refractivity contribution >= 4 is 12.6 Å². The molecule has 56 valence electrons. The Hall–Kier alpha value is 0.270. The van der Waals surface area contributed by atoms with Crippen LogP contribution in [0.4, 0.5) is 0 Å². The van der Waals surface area contributed by atoms with E-state index in [2.05, 4.69) is 17.9 Å². The quantitative estimate of drug-likeness (QED) is 0.501. The maximum Gasteiger partial charge on any atom is 0.0556 e. The summed E-state index contributed by atoms with van der Waals surface area (Å²) in [5.74, 6) is 0. The fraction of sp³-hybridized carbons (Fsp3) is 1.00. The molecular weight excluding hydrogens is 134 g/mol. The van der Waals surface area contributed by atoms with Gasteiger partial charge in [-0.2, -0.15) is 12.6 Å². The summed E-state index contributed by atoms with van der Waals surface area (Å²) >= 11 is 4.22. The van der Waals surface area contributed by atoms with Crippen molar-refractivity contribution < 1.29 is 5.11 Å². The Morgan fingerprint density at radius 3 is 2.44 bits per heavy atom. The Balaban J connectivity index is 3.16. The van der Waals surface area contributed by atoms with Crippen molar-refractivity contribution in [1.82, 2.24) is 5.32 Å². The lowest BCUT2D eigenvalue weighted by atomic mass is 10.2. The zero-order valence-corrected chi connectivity index (χ0v) is 6.86. The summed E-state index contributed by atoms with van der Waals surface area (Å²) in [6.07, 6.45) is 0. The zero-order valence-electron chi connectivity index (χ0n) is 5.96. The van der Waals surface area contributed by atoms with Crippen molar-refractivity contribution in [2.75, 3.05) is 13.2 Å². The third kappa shape index (κ3) is 4.75. The second-order valence-electron chi connectivity index (χ2n) is 2.21. The Bertz CT molecular complexity index is 68.1. The molecule has 0 fully saturated rings. The average Bonchev–Trinajstić information content (AvgIpc) is 1.82. The predicted molar refractivity (Wildman–Crippen MR) is 43.0 cm³/mol. The normalized spacial score (nSPS) is 17.3. The summed E-state index contributed by atoms with van der Waals surface area (Å²) in [4.78, 5) is 0. The van der Waals surface area contributed by atoms with E-state index in [0.29, 0.717) is 17.8 Å². The maximum absolute atomic E-state index is 8.41. The highest BCUT2D eigenvalue weighted by atomic mass is 32.1. The van der Waals surface area contributed by atoms with E-state index in [0.717, 1.165) is 0 Å². The second kappa shape index (κ2) is 5.09. The first-order valence-electron chi connectivity index (χ1n) is 3.20. The number of rotatable bonds is 4. The number of nitrogens with one attached hydrogen (secondary N) is 1. The van der Waals surface area contributed by atoms with Gasteiger partial charge in [0.15, 0.2) is 0 Å². The van der Waals surface area contributed by atoms with Crippen molar-refractivity contribution in [2.24, 2.45) is 0 Å². The highest BCUT2D eigenvalue weighted by molar-refractivity contribution is 7.81. The molecule has 0 aromatic carbocycles. The molecule has 0 rings (SSSR count). The van der Waals surface area contributed by atoms with Gasteiger partial charge in [-0.1, -0.05) is 6.92 Å². The van der Waals surface area contributed by atoms with E-state index < -0.39 is 0 Å². The van der Waals surface area contributed by atoms with Crippen LogP contribution in [-0.4, -0.2) is 29.5 Å². The molecule has 0 aromatic rings. The highest BCUT2D eigenvalue weighted by Gasteiger charge is 2.04. The molecule has 0 saturated carbocycles. The monoisotopic (exact) mass is 149 g/mol. The lowest BCUT2D eigenvalue weighted by molar-refractivity contribution is 0.286. The van der Waals surface area contributed by atoms with E-state index in [1.807, 2.05) is 13.8 Å². The first-order chi connectivity index (χ1) is 4.18. The number of hydrogen-bond acceptors (Lipinski definition) is 3. The van der Waals surface area contributed by atoms with Crippen molar-refractivity contribution in [2.45, 2.75) is 25.1 Å². The van der Waals surface area contributed by atoms with Crippen LogP contribution in [-0.2, 0) is 0 Å². The van der Waals surface area contributed by atoms with Crippen LogP contribution >= 0.6 is 12.6 Å². The van der Waals surface area contributed by atoms with Gasteiger partial charge in [-0.05, 0) is 6.92 Å². The van der Waals surface area contributed by atoms with Crippen LogP contribution in [0.3, 0.4) is 0 Å². The zero-order chi connectivity index (χ0) is 7.28. The van der Waals surface area contributed by atoms with Crippen LogP contribution < -0.4 is 5.32 Å². The van der Waals surface area contributed by atoms with Crippen LogP contribution in [0.25, 0.3) is 0 Å². The minimum absolute atomic E-state index is 0.199. The molecule has 0 bridgehead atoms. The molecule has 0 saturated heterocycles. The van der Waals surface area contributed by atoms with E-state index in [9.17, 15) is 0 Å². The summed E-state index contributed by atoms with van der Waals surface area (Å²) in [5.41, 5.74) is 0. The number of hydrogen-bond donors (Lipinski definition) is 3. The fourth-order valence-electron chi connectivity index (χ4n) is 0.463. The van der Waals surface area contributed by atoms with Gasteiger partial charge in [0.25, 0.3) is 0 Å². The maximum atomic E-state index is 8.41. The molecule has 2 atom stereocenters. The van der Waals surface area contributed by atoms with Crippen LogP contribution in [0.2, 0.25) is 0 Å². The molecule has 2 N–H and O–H groups in total. The van der Waals surface area contributed by atoms with Crippen LogP contribution in [0.5, 0.6) is 0 Å². The third-order valence-electron chi connectivity index (χ3n) is 1.30. The SMILES string of the molecule is CC(S)C(C)NCCO. The molecule has 0 aliphatic heterocycles. The highest BCUT2D eigenvalue weighted by Crippen LogP contribution is 1.98. The summed E-state index contributed by atoms with van der Waals surface area (Å²) < 4.78 is 0. The van der Waals surface area contributed by atoms with Crippen LogP contribution in [0.15, 0.2) is 0 Å². The largest absolute Gasteiger partial charge is 0.395 e. The van der Waals surface area contributed by atoms with E-state index in [-0.39, 0.29) is 6.61 Å². The summed E-state index contributed by atoms with van der Waals surface area (Å²) in [5, 5.41) is 11.9. The van der Waals surface area contributed by atoms with Gasteiger partial charge in [-0.3, -0.25) is 0 Å². The molecule has 0 amide bonds. The first-order valence-corrected chi connectivity index (χ1v) is 3.72. The van der Waals surface area contributed by atoms with E-state index in [1.54, 1.807) is 0 Å². The standard InChI is InChI=1S/C6H15NOS/c1-5(6(2)9)7-3-4-8/h5-9H,3-4H2,1-2H3. The minimum atomic E-state index is 0.199. The van der Waals surface area contributed by atoms with Gasteiger partial charge in [0, 0.05) is 17.8 Å². The van der Waals surface area contributed by atoms with Gasteiger partial charge in [0.05, 0.1) is 6.61 Å². The topological polar surface area (TPSA) is 32.3 Å². The van der Waals surface area contributed by atoms with Crippen molar-refractivity contribution in [3.63, 3.8) is 0 Å². The molecule has 2 unspecified atom stereocenters. The average molecular weight is 149 g/mol. The Morgan fingerprint density at radius 2 is 2.11 bits per heavy atom. The molecule has 9 heavy (non-hydrogen) atoms. The molecule has 0 aliphatic carbocycles. The summed E-state index contributed by atoms with van der Waals surface area (Å²) in [6, 6.07) is 0.375. The number of thiol groups is 1. The van der Waals surface area contributed by atoms with E-state index in [4.69, 9.17) is 5.11 Å². The Kier molecular flexibility index (Phi) is 5.24. The molecule has 0 aliphatic rings. The molecule has 0 radical (unpaired) electrons. The van der Waals surface area contributed by atoms with Gasteiger partial charge in [0.2, 0.25) is 0 Å². The lowest BCUT2D eigenvalue weighted by Crippen LogP contribution is -2.34. The van der Waals surface area contributed by atoms with Gasteiger partial charge in [0.1, 0.15) is 0 Å². The molecule has 0 heterocycles. The van der Waals surface area contributed by atoms with Crippen molar-refractivity contribution in [3.05, 3.63) is 0 Å². The first kappa shape index (κ1) is 9.27. The third-order valence-corrected chi connectivity index (χ3v) is 1.75. The van der Waals surface area contributed by atoms with Gasteiger partial charge < -0.3 is 10.4 Å². The Labute approximate surface area is 62.1 Å². The van der Waals surface area contributed by atoms with Crippen molar-refractivity contribution in [3.8, 4) is 0 Å².